The highest BCUT2D eigenvalue weighted by molar-refractivity contribution is 5.51. The lowest BCUT2D eigenvalue weighted by Crippen LogP contribution is -2.51. The quantitative estimate of drug-likeness (QED) is 0.721. The van der Waals surface area contributed by atoms with Crippen LogP contribution in [-0.2, 0) is 11.2 Å². The van der Waals surface area contributed by atoms with E-state index in [9.17, 15) is 15.0 Å². The normalized spacial score (nSPS) is 18.5. The molecule has 1 aromatic heterocycles. The summed E-state index contributed by atoms with van der Waals surface area (Å²) in [7, 11) is 0. The van der Waals surface area contributed by atoms with Gasteiger partial charge >= 0.3 is 0 Å². The zero-order valence-electron chi connectivity index (χ0n) is 9.55. The molecule has 88 valence electrons. The van der Waals surface area contributed by atoms with Crippen molar-refractivity contribution in [2.24, 2.45) is 0 Å². The summed E-state index contributed by atoms with van der Waals surface area (Å²) in [5.74, 6) is 0. The van der Waals surface area contributed by atoms with E-state index in [-0.39, 0.29) is 12.8 Å². The number of hydrogen-bond donors (Lipinski definition) is 2. The molecular formula is C12H17NO3. The number of aromatic nitrogens is 1. The first-order valence-corrected chi connectivity index (χ1v) is 5.16. The predicted molar refractivity (Wildman–Crippen MR) is 59.9 cm³/mol. The Morgan fingerprint density at radius 3 is 2.56 bits per heavy atom. The van der Waals surface area contributed by atoms with Gasteiger partial charge in [0, 0.05) is 25.2 Å². The summed E-state index contributed by atoms with van der Waals surface area (Å²) in [6, 6.07) is 3.58. The monoisotopic (exact) mass is 223 g/mol. The molecule has 0 bridgehead atoms. The lowest BCUT2D eigenvalue weighted by molar-refractivity contribution is -0.142. The predicted octanol–water partition coefficient (Wildman–Crippen LogP) is 0.715. The van der Waals surface area contributed by atoms with Crippen molar-refractivity contribution in [3.63, 3.8) is 0 Å². The van der Waals surface area contributed by atoms with Gasteiger partial charge in [-0.3, -0.25) is 4.98 Å². The van der Waals surface area contributed by atoms with Crippen LogP contribution in [0.15, 0.2) is 24.5 Å². The minimum Gasteiger partial charge on any atom is -0.387 e. The first-order chi connectivity index (χ1) is 7.39. The second kappa shape index (κ2) is 4.72. The highest BCUT2D eigenvalue weighted by Crippen LogP contribution is 2.28. The van der Waals surface area contributed by atoms with E-state index >= 15 is 0 Å². The van der Waals surface area contributed by atoms with Crippen LogP contribution in [0.1, 0.15) is 25.8 Å². The Morgan fingerprint density at radius 2 is 2.06 bits per heavy atom. The van der Waals surface area contributed by atoms with Gasteiger partial charge in [0.2, 0.25) is 0 Å². The number of hydrogen-bond acceptors (Lipinski definition) is 4. The molecule has 0 saturated heterocycles. The van der Waals surface area contributed by atoms with E-state index in [1.165, 1.54) is 13.8 Å². The Bertz CT molecular complexity index is 347. The van der Waals surface area contributed by atoms with E-state index in [0.717, 1.165) is 5.56 Å². The van der Waals surface area contributed by atoms with Crippen LogP contribution in [0.4, 0.5) is 0 Å². The number of pyridine rings is 1. The van der Waals surface area contributed by atoms with Crippen LogP contribution in [0.2, 0.25) is 0 Å². The molecule has 0 radical (unpaired) electrons. The van der Waals surface area contributed by atoms with Gasteiger partial charge < -0.3 is 15.0 Å². The molecule has 0 aromatic carbocycles. The van der Waals surface area contributed by atoms with E-state index in [4.69, 9.17) is 0 Å². The summed E-state index contributed by atoms with van der Waals surface area (Å²) in [4.78, 5) is 14.4. The van der Waals surface area contributed by atoms with Crippen molar-refractivity contribution in [3.8, 4) is 0 Å². The van der Waals surface area contributed by atoms with E-state index < -0.39 is 11.2 Å². The van der Waals surface area contributed by atoms with Gasteiger partial charge in [-0.05, 0) is 25.5 Å². The number of rotatable bonds is 5. The maximum absolute atomic E-state index is 10.4. The van der Waals surface area contributed by atoms with E-state index in [1.807, 2.05) is 6.07 Å². The molecule has 0 aliphatic heterocycles. The third kappa shape index (κ3) is 2.87. The van der Waals surface area contributed by atoms with Crippen molar-refractivity contribution in [2.45, 2.75) is 37.9 Å². The highest BCUT2D eigenvalue weighted by Gasteiger charge is 2.41. The van der Waals surface area contributed by atoms with Crippen molar-refractivity contribution in [3.05, 3.63) is 30.1 Å². The maximum atomic E-state index is 10.4. The maximum Gasteiger partial charge on any atom is 0.122 e. The lowest BCUT2D eigenvalue weighted by atomic mass is 9.79. The Labute approximate surface area is 95.0 Å². The molecule has 1 aromatic rings. The van der Waals surface area contributed by atoms with Gasteiger partial charge in [0.25, 0.3) is 0 Å². The molecule has 0 fully saturated rings. The van der Waals surface area contributed by atoms with E-state index in [0.29, 0.717) is 6.29 Å². The molecule has 0 spiro atoms. The topological polar surface area (TPSA) is 70.4 Å². The minimum atomic E-state index is -1.44. The van der Waals surface area contributed by atoms with Gasteiger partial charge in [-0.1, -0.05) is 6.07 Å². The Balaban J connectivity index is 2.82. The number of carbonyl (C=O) groups is 1. The molecule has 16 heavy (non-hydrogen) atoms. The second-order valence-electron chi connectivity index (χ2n) is 4.46. The Hall–Kier alpha value is -1.26. The molecule has 0 aliphatic rings. The molecule has 0 amide bonds. The van der Waals surface area contributed by atoms with Gasteiger partial charge in [-0.2, -0.15) is 0 Å². The van der Waals surface area contributed by atoms with Gasteiger partial charge in [0.05, 0.1) is 11.2 Å². The SMILES string of the molecule is CC(O)(CC=O)C(C)(O)Cc1cccnc1. The summed E-state index contributed by atoms with van der Waals surface area (Å²) < 4.78 is 0. The molecule has 1 rings (SSSR count). The summed E-state index contributed by atoms with van der Waals surface area (Å²) in [6.07, 6.45) is 4.03. The van der Waals surface area contributed by atoms with Crippen LogP contribution in [0, 0.1) is 0 Å². The van der Waals surface area contributed by atoms with Crippen molar-refractivity contribution in [2.75, 3.05) is 0 Å². The van der Waals surface area contributed by atoms with E-state index in [2.05, 4.69) is 4.98 Å². The van der Waals surface area contributed by atoms with Crippen molar-refractivity contribution < 1.29 is 15.0 Å². The Kier molecular flexibility index (Phi) is 3.78. The van der Waals surface area contributed by atoms with Gasteiger partial charge in [-0.25, -0.2) is 0 Å². The molecule has 2 atom stereocenters. The zero-order valence-corrected chi connectivity index (χ0v) is 9.55. The fourth-order valence-corrected chi connectivity index (χ4v) is 1.47. The van der Waals surface area contributed by atoms with Crippen LogP contribution < -0.4 is 0 Å². The van der Waals surface area contributed by atoms with Crippen LogP contribution in [0.3, 0.4) is 0 Å². The molecule has 1 heterocycles. The van der Waals surface area contributed by atoms with Crippen LogP contribution in [0.25, 0.3) is 0 Å². The molecule has 0 aliphatic carbocycles. The number of carbonyl (C=O) groups excluding carboxylic acids is 1. The first-order valence-electron chi connectivity index (χ1n) is 5.16. The number of aldehydes is 1. The summed E-state index contributed by atoms with van der Waals surface area (Å²) in [5, 5.41) is 20.2. The minimum absolute atomic E-state index is 0.0970. The third-order valence-electron chi connectivity index (χ3n) is 2.91. The average Bonchev–Trinajstić information content (AvgIpc) is 2.18. The summed E-state index contributed by atoms with van der Waals surface area (Å²) in [5.41, 5.74) is -1.99. The molecule has 4 nitrogen and oxygen atoms in total. The molecule has 2 unspecified atom stereocenters. The van der Waals surface area contributed by atoms with Crippen LogP contribution in [0.5, 0.6) is 0 Å². The van der Waals surface area contributed by atoms with Crippen LogP contribution >= 0.6 is 0 Å². The lowest BCUT2D eigenvalue weighted by Gasteiger charge is -2.37. The molecular weight excluding hydrogens is 206 g/mol. The largest absolute Gasteiger partial charge is 0.387 e. The van der Waals surface area contributed by atoms with E-state index in [1.54, 1.807) is 18.5 Å². The first kappa shape index (κ1) is 12.8. The summed E-state index contributed by atoms with van der Waals surface area (Å²) in [6.45, 7) is 2.97. The van der Waals surface area contributed by atoms with Crippen molar-refractivity contribution in [1.82, 2.24) is 4.98 Å². The summed E-state index contributed by atoms with van der Waals surface area (Å²) >= 11 is 0. The fourth-order valence-electron chi connectivity index (χ4n) is 1.47. The fraction of sp³-hybridized carbons (Fsp3) is 0.500. The van der Waals surface area contributed by atoms with Gasteiger partial charge in [-0.15, -0.1) is 0 Å². The molecule has 0 saturated carbocycles. The second-order valence-corrected chi connectivity index (χ2v) is 4.46. The highest BCUT2D eigenvalue weighted by atomic mass is 16.4. The van der Waals surface area contributed by atoms with Crippen molar-refractivity contribution in [1.29, 1.82) is 0 Å². The number of aliphatic hydroxyl groups is 2. The number of nitrogens with zero attached hydrogens (tertiary/aromatic N) is 1. The Morgan fingerprint density at radius 1 is 1.38 bits per heavy atom. The van der Waals surface area contributed by atoms with Crippen LogP contribution in [-0.4, -0.2) is 32.7 Å². The average molecular weight is 223 g/mol. The van der Waals surface area contributed by atoms with Crippen molar-refractivity contribution >= 4 is 6.29 Å². The standard InChI is InChI=1S/C12H17NO3/c1-11(15,5-7-14)12(2,16)8-10-4-3-6-13-9-10/h3-4,6-7,9,15-16H,5,8H2,1-2H3. The smallest absolute Gasteiger partial charge is 0.122 e. The molecule has 4 heteroatoms. The van der Waals surface area contributed by atoms with Gasteiger partial charge in [0.1, 0.15) is 6.29 Å². The molecule has 2 N–H and O–H groups in total. The third-order valence-corrected chi connectivity index (χ3v) is 2.91. The zero-order chi connectivity index (χ0) is 12.2. The van der Waals surface area contributed by atoms with Gasteiger partial charge in [0.15, 0.2) is 0 Å².